The van der Waals surface area contributed by atoms with Gasteiger partial charge in [0.1, 0.15) is 5.82 Å². The minimum Gasteiger partial charge on any atom is -0.378 e. The first-order chi connectivity index (χ1) is 13.8. The Morgan fingerprint density at radius 2 is 1.97 bits per heavy atom. The number of hydrogen-bond donors (Lipinski definition) is 0. The van der Waals surface area contributed by atoms with Crippen LogP contribution in [0.3, 0.4) is 0 Å². The van der Waals surface area contributed by atoms with E-state index in [4.69, 9.17) is 9.47 Å². The second kappa shape index (κ2) is 8.10. The highest BCUT2D eigenvalue weighted by Gasteiger charge is 2.39. The predicted molar refractivity (Wildman–Crippen MR) is 95.6 cm³/mol. The fraction of sp³-hybridized carbons (Fsp3) is 0.650. The van der Waals surface area contributed by atoms with Gasteiger partial charge in [-0.2, -0.15) is 13.2 Å². The summed E-state index contributed by atoms with van der Waals surface area (Å²) in [5.74, 6) is -0.540. The largest absolute Gasteiger partial charge is 0.416 e. The predicted octanol–water partition coefficient (Wildman–Crippen LogP) is 3.67. The van der Waals surface area contributed by atoms with Crippen LogP contribution in [0.5, 0.6) is 0 Å². The van der Waals surface area contributed by atoms with Gasteiger partial charge in [0.05, 0.1) is 37.5 Å². The molecule has 3 saturated heterocycles. The molecule has 1 aromatic carbocycles. The number of hydrogen-bond acceptors (Lipinski definition) is 3. The highest BCUT2D eigenvalue weighted by Crippen LogP contribution is 2.31. The molecule has 3 aliphatic rings. The van der Waals surface area contributed by atoms with Gasteiger partial charge in [0, 0.05) is 31.2 Å². The molecule has 29 heavy (non-hydrogen) atoms. The summed E-state index contributed by atoms with van der Waals surface area (Å²) in [5.41, 5.74) is -0.951. The highest BCUT2D eigenvalue weighted by molar-refractivity contribution is 5.75. The van der Waals surface area contributed by atoms with Crippen LogP contribution < -0.4 is 0 Å². The molecule has 0 N–H and O–H groups in total. The third-order valence-electron chi connectivity index (χ3n) is 5.96. The number of amides is 2. The van der Waals surface area contributed by atoms with Crippen LogP contribution in [0, 0.1) is 11.7 Å². The first-order valence-corrected chi connectivity index (χ1v) is 9.94. The smallest absolute Gasteiger partial charge is 0.378 e. The lowest BCUT2D eigenvalue weighted by atomic mass is 9.88. The fourth-order valence-corrected chi connectivity index (χ4v) is 4.21. The van der Waals surface area contributed by atoms with Crippen molar-refractivity contribution < 1.29 is 31.8 Å². The molecule has 0 bridgehead atoms. The molecule has 3 heterocycles. The molecule has 2 amide bonds. The van der Waals surface area contributed by atoms with Gasteiger partial charge in [-0.05, 0) is 31.4 Å². The molecule has 0 unspecified atom stereocenters. The summed E-state index contributed by atoms with van der Waals surface area (Å²) in [6.07, 6.45) is -1.58. The number of carbonyl (C=O) groups is 1. The molecule has 2 atom stereocenters. The summed E-state index contributed by atoms with van der Waals surface area (Å²) < 4.78 is 63.0. The minimum absolute atomic E-state index is 0.0189. The summed E-state index contributed by atoms with van der Waals surface area (Å²) in [6, 6.07) is 2.40. The average Bonchev–Trinajstić information content (AvgIpc) is 2.66. The van der Waals surface area contributed by atoms with Gasteiger partial charge in [-0.3, -0.25) is 0 Å². The zero-order valence-electron chi connectivity index (χ0n) is 16.0. The number of likely N-dealkylation sites (tertiary alicyclic amines) is 2. The van der Waals surface area contributed by atoms with E-state index in [9.17, 15) is 22.4 Å². The van der Waals surface area contributed by atoms with Crippen molar-refractivity contribution in [2.45, 2.75) is 44.3 Å². The zero-order valence-corrected chi connectivity index (χ0v) is 16.0. The molecule has 3 aliphatic heterocycles. The van der Waals surface area contributed by atoms with E-state index in [0.717, 1.165) is 38.0 Å². The summed E-state index contributed by atoms with van der Waals surface area (Å²) in [7, 11) is 0. The van der Waals surface area contributed by atoms with Crippen molar-refractivity contribution in [1.29, 1.82) is 0 Å². The summed E-state index contributed by atoms with van der Waals surface area (Å²) in [6.45, 7) is 2.88. The van der Waals surface area contributed by atoms with Gasteiger partial charge in [-0.25, -0.2) is 9.18 Å². The van der Waals surface area contributed by atoms with Crippen LogP contribution in [0.15, 0.2) is 18.2 Å². The van der Waals surface area contributed by atoms with E-state index in [1.807, 2.05) is 4.90 Å². The first kappa shape index (κ1) is 20.4. The van der Waals surface area contributed by atoms with Crippen LogP contribution in [0.1, 0.15) is 30.4 Å². The number of fused-ring (bicyclic) bond motifs is 1. The van der Waals surface area contributed by atoms with Gasteiger partial charge in [0.2, 0.25) is 0 Å². The van der Waals surface area contributed by atoms with Crippen LogP contribution in [-0.2, 0) is 22.3 Å². The van der Waals surface area contributed by atoms with Gasteiger partial charge in [0.15, 0.2) is 0 Å². The molecule has 0 saturated carbocycles. The van der Waals surface area contributed by atoms with E-state index in [-0.39, 0.29) is 30.4 Å². The number of piperidine rings is 1. The number of alkyl halides is 3. The van der Waals surface area contributed by atoms with Gasteiger partial charge in [-0.15, -0.1) is 0 Å². The van der Waals surface area contributed by atoms with E-state index in [0.29, 0.717) is 38.2 Å². The fourth-order valence-electron chi connectivity index (χ4n) is 4.21. The second-order valence-electron chi connectivity index (χ2n) is 7.97. The lowest BCUT2D eigenvalue weighted by Crippen LogP contribution is -2.60. The van der Waals surface area contributed by atoms with E-state index in [2.05, 4.69) is 0 Å². The highest BCUT2D eigenvalue weighted by atomic mass is 19.4. The average molecular weight is 416 g/mol. The Labute approximate surface area is 166 Å². The monoisotopic (exact) mass is 416 g/mol. The summed E-state index contributed by atoms with van der Waals surface area (Å²) >= 11 is 0. The van der Waals surface area contributed by atoms with Crippen molar-refractivity contribution in [3.63, 3.8) is 0 Å². The summed E-state index contributed by atoms with van der Waals surface area (Å²) in [5, 5.41) is 0. The van der Waals surface area contributed by atoms with Gasteiger partial charge in [-0.1, -0.05) is 6.07 Å². The van der Waals surface area contributed by atoms with Crippen molar-refractivity contribution >= 4 is 6.03 Å². The van der Waals surface area contributed by atoms with Crippen molar-refractivity contribution in [1.82, 2.24) is 9.80 Å². The molecule has 0 spiro atoms. The van der Waals surface area contributed by atoms with Crippen molar-refractivity contribution in [2.75, 3.05) is 32.8 Å². The molecule has 3 fully saturated rings. The Morgan fingerprint density at radius 3 is 2.69 bits per heavy atom. The molecule has 1 aromatic rings. The molecule has 0 aliphatic carbocycles. The van der Waals surface area contributed by atoms with E-state index in [1.54, 1.807) is 4.90 Å². The topological polar surface area (TPSA) is 42.0 Å². The Morgan fingerprint density at radius 1 is 1.17 bits per heavy atom. The van der Waals surface area contributed by atoms with Crippen LogP contribution in [-0.4, -0.2) is 60.8 Å². The van der Waals surface area contributed by atoms with Crippen LogP contribution in [0.4, 0.5) is 22.4 Å². The van der Waals surface area contributed by atoms with Crippen molar-refractivity contribution in [3.05, 3.63) is 35.1 Å². The van der Waals surface area contributed by atoms with Gasteiger partial charge in [0.25, 0.3) is 0 Å². The Kier molecular flexibility index (Phi) is 5.70. The molecular formula is C20H24F4N2O3. The van der Waals surface area contributed by atoms with E-state index in [1.165, 1.54) is 0 Å². The van der Waals surface area contributed by atoms with Crippen molar-refractivity contribution in [3.8, 4) is 0 Å². The quantitative estimate of drug-likeness (QED) is 0.707. The number of carbonyl (C=O) groups excluding carboxylic acids is 1. The summed E-state index contributed by atoms with van der Waals surface area (Å²) in [4.78, 5) is 16.2. The standard InChI is InChI=1S/C20H24F4N2O3/c21-17-8-15(20(22,23)24)4-3-14(17)12-29-16-10-26(11-16)19(27)25-6-5-18-13(9-25)2-1-7-28-18/h3-4,8,13,16,18H,1-2,5-7,9-12H2/t13-,18-/m1/s1. The lowest BCUT2D eigenvalue weighted by molar-refractivity contribution is -0.137. The number of rotatable bonds is 3. The number of ether oxygens (including phenoxy) is 2. The Bertz CT molecular complexity index is 752. The number of halogens is 4. The lowest BCUT2D eigenvalue weighted by Gasteiger charge is -2.46. The molecule has 0 radical (unpaired) electrons. The molecule has 4 rings (SSSR count). The second-order valence-corrected chi connectivity index (χ2v) is 7.97. The molecule has 0 aromatic heterocycles. The third-order valence-corrected chi connectivity index (χ3v) is 5.96. The van der Waals surface area contributed by atoms with E-state index >= 15 is 0 Å². The normalized spacial score (nSPS) is 25.5. The Balaban J connectivity index is 1.23. The minimum atomic E-state index is -4.58. The van der Waals surface area contributed by atoms with Crippen LogP contribution >= 0.6 is 0 Å². The van der Waals surface area contributed by atoms with Gasteiger partial charge >= 0.3 is 12.2 Å². The number of nitrogens with zero attached hydrogens (tertiary/aromatic N) is 2. The molecule has 9 heteroatoms. The van der Waals surface area contributed by atoms with Crippen LogP contribution in [0.25, 0.3) is 0 Å². The number of benzene rings is 1. The first-order valence-electron chi connectivity index (χ1n) is 9.94. The molecule has 5 nitrogen and oxygen atoms in total. The third kappa shape index (κ3) is 4.50. The SMILES string of the molecule is O=C(N1CC(OCc2ccc(C(F)(F)F)cc2F)C1)N1CC[C@H]2OCCC[C@@H]2C1. The van der Waals surface area contributed by atoms with Gasteiger partial charge < -0.3 is 19.3 Å². The molecular weight excluding hydrogens is 392 g/mol. The number of urea groups is 1. The van der Waals surface area contributed by atoms with Crippen LogP contribution in [0.2, 0.25) is 0 Å². The van der Waals surface area contributed by atoms with Crippen molar-refractivity contribution in [2.24, 2.45) is 5.92 Å². The Hall–Kier alpha value is -1.87. The van der Waals surface area contributed by atoms with E-state index < -0.39 is 17.6 Å². The maximum atomic E-state index is 13.9. The zero-order chi connectivity index (χ0) is 20.6. The molecule has 160 valence electrons. The maximum Gasteiger partial charge on any atom is 0.416 e. The maximum absolute atomic E-state index is 13.9.